The smallest absolute Gasteiger partial charge is 0.256 e. The van der Waals surface area contributed by atoms with Crippen LogP contribution in [0.1, 0.15) is 29.3 Å². The number of nitrogens with zero attached hydrogens (tertiary/aromatic N) is 1. The molecule has 0 bridgehead atoms. The van der Waals surface area contributed by atoms with Crippen molar-refractivity contribution < 1.29 is 13.9 Å². The quantitative estimate of drug-likeness (QED) is 0.837. The van der Waals surface area contributed by atoms with Crippen LogP contribution in [0.3, 0.4) is 0 Å². The highest BCUT2D eigenvalue weighted by atomic mass is 19.1. The van der Waals surface area contributed by atoms with Crippen molar-refractivity contribution in [2.24, 2.45) is 5.73 Å². The predicted octanol–water partition coefficient (Wildman–Crippen LogP) is 1.39. The van der Waals surface area contributed by atoms with E-state index in [1.165, 1.54) is 18.2 Å². The Hall–Kier alpha value is -1.90. The first-order valence-electron chi connectivity index (χ1n) is 6.92. The van der Waals surface area contributed by atoms with Gasteiger partial charge in [0.1, 0.15) is 5.82 Å². The van der Waals surface area contributed by atoms with E-state index in [0.717, 1.165) is 6.42 Å². The first-order chi connectivity index (χ1) is 10.0. The second-order valence-electron chi connectivity index (χ2n) is 5.05. The molecule has 2 rings (SSSR count). The molecule has 2 unspecified atom stereocenters. The van der Waals surface area contributed by atoms with E-state index in [0.29, 0.717) is 12.2 Å². The van der Waals surface area contributed by atoms with Gasteiger partial charge in [0, 0.05) is 19.2 Å². The van der Waals surface area contributed by atoms with E-state index < -0.39 is 5.82 Å². The van der Waals surface area contributed by atoms with Crippen molar-refractivity contribution in [2.45, 2.75) is 25.5 Å². The lowest BCUT2D eigenvalue weighted by Crippen LogP contribution is -2.41. The van der Waals surface area contributed by atoms with E-state index in [1.54, 1.807) is 11.9 Å². The lowest BCUT2D eigenvalue weighted by molar-refractivity contribution is 0.0571. The summed E-state index contributed by atoms with van der Waals surface area (Å²) in [5.74, 6) is 4.60. The maximum absolute atomic E-state index is 13.9. The molecular formula is C16H19FN2O2. The minimum atomic E-state index is -0.545. The van der Waals surface area contributed by atoms with Crippen LogP contribution in [0.15, 0.2) is 18.2 Å². The Bertz CT molecular complexity index is 592. The molecule has 4 nitrogen and oxygen atoms in total. The Balaban J connectivity index is 2.25. The molecule has 0 aliphatic carbocycles. The van der Waals surface area contributed by atoms with Crippen LogP contribution in [-0.2, 0) is 4.74 Å². The first-order valence-corrected chi connectivity index (χ1v) is 6.92. The summed E-state index contributed by atoms with van der Waals surface area (Å²) in [7, 11) is 1.68. The average molecular weight is 290 g/mol. The minimum absolute atomic E-state index is 0.0282. The zero-order valence-electron chi connectivity index (χ0n) is 12.2. The molecule has 1 aromatic carbocycles. The molecule has 112 valence electrons. The molecule has 0 spiro atoms. The van der Waals surface area contributed by atoms with Gasteiger partial charge in [-0.3, -0.25) is 4.79 Å². The summed E-state index contributed by atoms with van der Waals surface area (Å²) >= 11 is 0. The highest BCUT2D eigenvalue weighted by Gasteiger charge is 2.31. The number of ether oxygens (including phenoxy) is 1. The molecule has 0 aromatic heterocycles. The van der Waals surface area contributed by atoms with Crippen LogP contribution in [0.4, 0.5) is 4.39 Å². The van der Waals surface area contributed by atoms with Crippen molar-refractivity contribution in [1.82, 2.24) is 4.90 Å². The summed E-state index contributed by atoms with van der Waals surface area (Å²) in [4.78, 5) is 14.0. The summed E-state index contributed by atoms with van der Waals surface area (Å²) in [6, 6.07) is 4.24. The predicted molar refractivity (Wildman–Crippen MR) is 78.2 cm³/mol. The molecule has 2 atom stereocenters. The van der Waals surface area contributed by atoms with Crippen molar-refractivity contribution in [2.75, 3.05) is 20.2 Å². The third kappa shape index (κ3) is 3.41. The second kappa shape index (κ2) is 6.70. The largest absolute Gasteiger partial charge is 0.376 e. The van der Waals surface area contributed by atoms with Crippen LogP contribution in [0.25, 0.3) is 0 Å². The van der Waals surface area contributed by atoms with E-state index >= 15 is 0 Å². The second-order valence-corrected chi connectivity index (χ2v) is 5.05. The molecule has 1 aromatic rings. The summed E-state index contributed by atoms with van der Waals surface area (Å²) in [5, 5.41) is 0. The van der Waals surface area contributed by atoms with Gasteiger partial charge in [-0.2, -0.15) is 0 Å². The fourth-order valence-corrected chi connectivity index (χ4v) is 2.49. The van der Waals surface area contributed by atoms with Gasteiger partial charge in [0.25, 0.3) is 5.91 Å². The van der Waals surface area contributed by atoms with Crippen molar-refractivity contribution >= 4 is 5.91 Å². The Morgan fingerprint density at radius 1 is 1.57 bits per heavy atom. The van der Waals surface area contributed by atoms with Gasteiger partial charge in [0.2, 0.25) is 0 Å². The van der Waals surface area contributed by atoms with E-state index in [1.807, 2.05) is 6.92 Å². The maximum atomic E-state index is 13.9. The van der Waals surface area contributed by atoms with E-state index in [2.05, 4.69) is 11.8 Å². The summed E-state index contributed by atoms with van der Waals surface area (Å²) in [6.07, 6.45) is 0.722. The fourth-order valence-electron chi connectivity index (χ4n) is 2.49. The average Bonchev–Trinajstić information content (AvgIpc) is 2.91. The van der Waals surface area contributed by atoms with Gasteiger partial charge < -0.3 is 15.4 Å². The van der Waals surface area contributed by atoms with Crippen molar-refractivity contribution in [1.29, 1.82) is 0 Å². The minimum Gasteiger partial charge on any atom is -0.376 e. The van der Waals surface area contributed by atoms with E-state index in [9.17, 15) is 9.18 Å². The molecule has 1 amide bonds. The number of carbonyl (C=O) groups excluding carboxylic acids is 1. The van der Waals surface area contributed by atoms with E-state index in [-0.39, 0.29) is 30.2 Å². The number of rotatable bonds is 2. The van der Waals surface area contributed by atoms with Gasteiger partial charge in [0.15, 0.2) is 0 Å². The number of hydrogen-bond donors (Lipinski definition) is 1. The molecule has 0 radical (unpaired) electrons. The summed E-state index contributed by atoms with van der Waals surface area (Å²) in [6.45, 7) is 2.76. The molecule has 5 heteroatoms. The van der Waals surface area contributed by atoms with Crippen LogP contribution >= 0.6 is 0 Å². The summed E-state index contributed by atoms with van der Waals surface area (Å²) in [5.41, 5.74) is 5.92. The summed E-state index contributed by atoms with van der Waals surface area (Å²) < 4.78 is 19.4. The number of halogens is 1. The number of hydrogen-bond acceptors (Lipinski definition) is 3. The van der Waals surface area contributed by atoms with Gasteiger partial charge in [-0.25, -0.2) is 4.39 Å². The van der Waals surface area contributed by atoms with Gasteiger partial charge in [-0.15, -0.1) is 0 Å². The van der Waals surface area contributed by atoms with Crippen molar-refractivity contribution in [3.8, 4) is 11.8 Å². The topological polar surface area (TPSA) is 55.6 Å². The molecule has 1 aliphatic rings. The number of amides is 1. The highest BCUT2D eigenvalue weighted by molar-refractivity contribution is 5.95. The number of nitrogens with two attached hydrogens (primary N) is 1. The lowest BCUT2D eigenvalue weighted by Gasteiger charge is -2.27. The third-order valence-corrected chi connectivity index (χ3v) is 3.69. The van der Waals surface area contributed by atoms with Crippen LogP contribution in [0.2, 0.25) is 0 Å². The molecule has 1 saturated heterocycles. The standard InChI is InChI=1S/C16H19FN2O2/c1-11-15(7-9-21-11)19(2)16(20)13-10-12(4-3-8-18)5-6-14(13)17/h5-6,10-11,15H,7-9,18H2,1-2H3. The molecule has 21 heavy (non-hydrogen) atoms. The molecular weight excluding hydrogens is 271 g/mol. The van der Waals surface area contributed by atoms with Crippen LogP contribution < -0.4 is 5.73 Å². The first kappa shape index (κ1) is 15.5. The molecule has 2 N–H and O–H groups in total. The highest BCUT2D eigenvalue weighted by Crippen LogP contribution is 2.21. The van der Waals surface area contributed by atoms with Gasteiger partial charge >= 0.3 is 0 Å². The van der Waals surface area contributed by atoms with Crippen LogP contribution in [-0.4, -0.2) is 43.2 Å². The Kier molecular flexibility index (Phi) is 4.94. The Labute approximate surface area is 124 Å². The van der Waals surface area contributed by atoms with Crippen molar-refractivity contribution in [3.63, 3.8) is 0 Å². The maximum Gasteiger partial charge on any atom is 0.256 e. The fraction of sp³-hybridized carbons (Fsp3) is 0.438. The van der Waals surface area contributed by atoms with Gasteiger partial charge in [0.05, 0.1) is 24.3 Å². The normalized spacial score (nSPS) is 20.8. The van der Waals surface area contributed by atoms with Gasteiger partial charge in [-0.1, -0.05) is 11.8 Å². The molecule has 0 saturated carbocycles. The molecule has 1 aliphatic heterocycles. The zero-order chi connectivity index (χ0) is 15.4. The molecule has 1 fully saturated rings. The molecule has 1 heterocycles. The van der Waals surface area contributed by atoms with Crippen LogP contribution in [0.5, 0.6) is 0 Å². The number of carbonyl (C=O) groups is 1. The zero-order valence-corrected chi connectivity index (χ0v) is 12.2. The monoisotopic (exact) mass is 290 g/mol. The van der Waals surface area contributed by atoms with Crippen molar-refractivity contribution in [3.05, 3.63) is 35.1 Å². The lowest BCUT2D eigenvalue weighted by atomic mass is 10.1. The number of likely N-dealkylation sites (N-methyl/N-ethyl adjacent to an activating group) is 1. The third-order valence-electron chi connectivity index (χ3n) is 3.69. The van der Waals surface area contributed by atoms with Gasteiger partial charge in [-0.05, 0) is 31.5 Å². The Morgan fingerprint density at radius 2 is 2.33 bits per heavy atom. The Morgan fingerprint density at radius 3 is 2.95 bits per heavy atom. The van der Waals surface area contributed by atoms with Crippen LogP contribution in [0, 0.1) is 17.7 Å². The number of benzene rings is 1. The SMILES string of the molecule is CC1OCCC1N(C)C(=O)c1cc(C#CCN)ccc1F. The van der Waals surface area contributed by atoms with E-state index in [4.69, 9.17) is 10.5 Å².